The van der Waals surface area contributed by atoms with E-state index in [4.69, 9.17) is 0 Å². The van der Waals surface area contributed by atoms with Crippen LogP contribution in [0, 0.1) is 6.92 Å². The molecule has 2 heterocycles. The molecule has 1 aliphatic rings. The summed E-state index contributed by atoms with van der Waals surface area (Å²) in [6.45, 7) is 12.3. The number of allylic oxidation sites excluding steroid dienone is 4. The van der Waals surface area contributed by atoms with Crippen LogP contribution in [0.15, 0.2) is 53.9 Å². The molecule has 0 aliphatic carbocycles. The molecule has 1 aliphatic heterocycles. The van der Waals surface area contributed by atoms with Crippen LogP contribution in [0.5, 0.6) is 0 Å². The molecule has 0 bridgehead atoms. The Morgan fingerprint density at radius 3 is 2.83 bits per heavy atom. The average molecular weight is 323 g/mol. The van der Waals surface area contributed by atoms with Gasteiger partial charge in [0.05, 0.1) is 17.6 Å². The normalized spacial score (nSPS) is 16.0. The Balaban J connectivity index is 2.05. The highest BCUT2D eigenvalue weighted by atomic mass is 16.1. The second-order valence-electron chi connectivity index (χ2n) is 6.54. The molecule has 1 aromatic heterocycles. The largest absolute Gasteiger partial charge is 0.326 e. The number of hydrogen-bond acceptors (Lipinski definition) is 2. The Hall–Kier alpha value is -2.33. The summed E-state index contributed by atoms with van der Waals surface area (Å²) in [5.74, 6) is 0.504. The molecule has 0 radical (unpaired) electrons. The second kappa shape index (κ2) is 7.05. The van der Waals surface area contributed by atoms with E-state index in [0.717, 1.165) is 42.5 Å². The minimum Gasteiger partial charge on any atom is -0.317 e. The van der Waals surface area contributed by atoms with Crippen molar-refractivity contribution in [2.24, 2.45) is 0 Å². The molecule has 0 spiro atoms. The summed E-state index contributed by atoms with van der Waals surface area (Å²) in [7, 11) is 0. The lowest BCUT2D eigenvalue weighted by atomic mass is 9.88. The third-order valence-electron chi connectivity index (χ3n) is 4.67. The molecule has 4 nitrogen and oxygen atoms in total. The molecule has 1 aromatic carbocycles. The zero-order chi connectivity index (χ0) is 17.1. The number of fused-ring (bicyclic) bond motifs is 1. The second-order valence-corrected chi connectivity index (χ2v) is 6.54. The van der Waals surface area contributed by atoms with Crippen LogP contribution in [0.3, 0.4) is 0 Å². The van der Waals surface area contributed by atoms with Crippen molar-refractivity contribution in [3.8, 4) is 0 Å². The van der Waals surface area contributed by atoms with Crippen molar-refractivity contribution in [3.63, 3.8) is 0 Å². The van der Waals surface area contributed by atoms with Gasteiger partial charge in [0.25, 0.3) is 0 Å². The van der Waals surface area contributed by atoms with Gasteiger partial charge in [-0.2, -0.15) is 0 Å². The van der Waals surface area contributed by atoms with Crippen LogP contribution < -0.4 is 11.0 Å². The number of imidazole rings is 1. The van der Waals surface area contributed by atoms with Gasteiger partial charge >= 0.3 is 5.69 Å². The number of aromatic amines is 1. The average Bonchev–Trinajstić information content (AvgIpc) is 2.89. The fraction of sp³-hybridized carbons (Fsp3) is 0.350. The zero-order valence-electron chi connectivity index (χ0n) is 14.3. The van der Waals surface area contributed by atoms with Gasteiger partial charge in [0.15, 0.2) is 0 Å². The summed E-state index contributed by atoms with van der Waals surface area (Å²) < 4.78 is 1.78. The molecule has 24 heavy (non-hydrogen) atoms. The zero-order valence-corrected chi connectivity index (χ0v) is 14.3. The minimum atomic E-state index is -0.0704. The summed E-state index contributed by atoms with van der Waals surface area (Å²) in [6, 6.07) is 4.31. The molecule has 0 atom stereocenters. The summed E-state index contributed by atoms with van der Waals surface area (Å²) in [5, 5.41) is 3.40. The van der Waals surface area contributed by atoms with Gasteiger partial charge in [-0.1, -0.05) is 37.5 Å². The molecule has 2 N–H and O–H groups in total. The summed E-state index contributed by atoms with van der Waals surface area (Å²) in [4.78, 5) is 15.6. The highest BCUT2D eigenvalue weighted by Gasteiger charge is 2.20. The van der Waals surface area contributed by atoms with Crippen molar-refractivity contribution in [3.05, 3.63) is 70.7 Å². The maximum atomic E-state index is 12.5. The first-order chi connectivity index (χ1) is 11.6. The third kappa shape index (κ3) is 3.29. The highest BCUT2D eigenvalue weighted by Crippen LogP contribution is 2.31. The number of aromatic nitrogens is 2. The lowest BCUT2D eigenvalue weighted by Gasteiger charge is -2.23. The number of H-pyrrole nitrogens is 1. The number of benzene rings is 1. The van der Waals surface area contributed by atoms with Gasteiger partial charge in [0.2, 0.25) is 0 Å². The van der Waals surface area contributed by atoms with Gasteiger partial charge in [0.1, 0.15) is 0 Å². The van der Waals surface area contributed by atoms with E-state index >= 15 is 0 Å². The standard InChI is InChI=1S/C20H25N3O/c1-4-5-6-14(2)13-23-18-12-15(3)11-17(19(18)22-20(23)24)16-7-9-21-10-8-16/h4-6,11-12,16,21H,1-2,7-10,13H2,3H3,(H,22,24)/b6-5-. The Morgan fingerprint density at radius 1 is 1.38 bits per heavy atom. The Morgan fingerprint density at radius 2 is 2.12 bits per heavy atom. The summed E-state index contributed by atoms with van der Waals surface area (Å²) >= 11 is 0. The van der Waals surface area contributed by atoms with Gasteiger partial charge in [-0.3, -0.25) is 4.57 Å². The van der Waals surface area contributed by atoms with Crippen molar-refractivity contribution in [1.82, 2.24) is 14.9 Å². The molecule has 3 rings (SSSR count). The third-order valence-corrected chi connectivity index (χ3v) is 4.67. The van der Waals surface area contributed by atoms with Gasteiger partial charge in [-0.05, 0) is 61.5 Å². The quantitative estimate of drug-likeness (QED) is 0.829. The van der Waals surface area contributed by atoms with Crippen LogP contribution in [0.25, 0.3) is 11.0 Å². The van der Waals surface area contributed by atoms with Gasteiger partial charge in [0, 0.05) is 0 Å². The highest BCUT2D eigenvalue weighted by molar-refractivity contribution is 5.80. The van der Waals surface area contributed by atoms with Gasteiger partial charge < -0.3 is 10.3 Å². The molecule has 0 unspecified atom stereocenters. The van der Waals surface area contributed by atoms with E-state index in [1.54, 1.807) is 10.6 Å². The van der Waals surface area contributed by atoms with Gasteiger partial charge in [-0.25, -0.2) is 4.79 Å². The van der Waals surface area contributed by atoms with Crippen LogP contribution in [0.1, 0.15) is 29.9 Å². The first kappa shape index (κ1) is 16.5. The molecular formula is C20H25N3O. The molecule has 0 saturated carbocycles. The predicted octanol–water partition coefficient (Wildman–Crippen LogP) is 3.40. The lowest BCUT2D eigenvalue weighted by molar-refractivity contribution is 0.462. The SMILES string of the molecule is C=C/C=C\C(=C)Cn1c(=O)[nH]c2c(C3CCNCC3)cc(C)cc21. The molecule has 4 heteroatoms. The van der Waals surface area contributed by atoms with E-state index in [0.29, 0.717) is 12.5 Å². The monoisotopic (exact) mass is 323 g/mol. The number of aryl methyl sites for hydroxylation is 1. The number of rotatable bonds is 5. The van der Waals surface area contributed by atoms with Crippen molar-refractivity contribution < 1.29 is 0 Å². The number of nitrogens with zero attached hydrogens (tertiary/aromatic N) is 1. The van der Waals surface area contributed by atoms with Gasteiger partial charge in [-0.15, -0.1) is 0 Å². The van der Waals surface area contributed by atoms with E-state index < -0.39 is 0 Å². The first-order valence-corrected chi connectivity index (χ1v) is 8.51. The number of hydrogen-bond donors (Lipinski definition) is 2. The molecular weight excluding hydrogens is 298 g/mol. The Labute approximate surface area is 142 Å². The topological polar surface area (TPSA) is 49.8 Å². The van der Waals surface area contributed by atoms with Crippen LogP contribution >= 0.6 is 0 Å². The Kier molecular flexibility index (Phi) is 4.86. The van der Waals surface area contributed by atoms with Crippen molar-refractivity contribution in [2.75, 3.05) is 13.1 Å². The summed E-state index contributed by atoms with van der Waals surface area (Å²) in [5.41, 5.74) is 5.23. The fourth-order valence-corrected chi connectivity index (χ4v) is 3.50. The minimum absolute atomic E-state index is 0.0704. The fourth-order valence-electron chi connectivity index (χ4n) is 3.50. The van der Waals surface area contributed by atoms with E-state index in [9.17, 15) is 4.79 Å². The predicted molar refractivity (Wildman–Crippen MR) is 101 cm³/mol. The number of piperidine rings is 1. The Bertz CT molecular complexity index is 848. The molecule has 0 amide bonds. The van der Waals surface area contributed by atoms with Crippen LogP contribution in [0.2, 0.25) is 0 Å². The maximum absolute atomic E-state index is 12.5. The van der Waals surface area contributed by atoms with Crippen molar-refractivity contribution in [1.29, 1.82) is 0 Å². The van der Waals surface area contributed by atoms with Crippen LogP contribution in [0.4, 0.5) is 0 Å². The van der Waals surface area contributed by atoms with Crippen LogP contribution in [-0.4, -0.2) is 22.6 Å². The van der Waals surface area contributed by atoms with Crippen molar-refractivity contribution in [2.45, 2.75) is 32.2 Å². The van der Waals surface area contributed by atoms with Crippen molar-refractivity contribution >= 4 is 11.0 Å². The first-order valence-electron chi connectivity index (χ1n) is 8.51. The molecule has 126 valence electrons. The maximum Gasteiger partial charge on any atom is 0.326 e. The van der Waals surface area contributed by atoms with E-state index in [2.05, 4.69) is 42.5 Å². The molecule has 1 saturated heterocycles. The van der Waals surface area contributed by atoms with Crippen LogP contribution in [-0.2, 0) is 6.54 Å². The number of nitrogens with one attached hydrogen (secondary N) is 2. The lowest BCUT2D eigenvalue weighted by Crippen LogP contribution is -2.26. The summed E-state index contributed by atoms with van der Waals surface area (Å²) in [6.07, 6.45) is 7.67. The molecule has 2 aromatic rings. The van der Waals surface area contributed by atoms with E-state index in [1.165, 1.54) is 11.1 Å². The van der Waals surface area contributed by atoms with E-state index in [1.807, 2.05) is 12.2 Å². The molecule has 1 fully saturated rings. The smallest absolute Gasteiger partial charge is 0.317 e. The van der Waals surface area contributed by atoms with E-state index in [-0.39, 0.29) is 5.69 Å².